The summed E-state index contributed by atoms with van der Waals surface area (Å²) < 4.78 is 5.34. The summed E-state index contributed by atoms with van der Waals surface area (Å²) >= 11 is 0. The molecule has 3 N–H and O–H groups in total. The topological polar surface area (TPSA) is 67.6 Å². The van der Waals surface area contributed by atoms with Crippen LogP contribution >= 0.6 is 0 Å². The number of ether oxygens (including phenoxy) is 1. The third-order valence-corrected chi connectivity index (χ3v) is 3.96. The summed E-state index contributed by atoms with van der Waals surface area (Å²) in [7, 11) is 0. The van der Waals surface area contributed by atoms with E-state index in [1.165, 1.54) is 5.56 Å². The molecule has 3 rings (SSSR count). The number of benzene rings is 1. The number of carbonyl (C=O) groups excluding carboxylic acids is 1. The van der Waals surface area contributed by atoms with Gasteiger partial charge in [0.25, 0.3) is 0 Å². The standard InChI is InChI=1S/C15H21N3O2/c16-15(5-6-15)14(19)17-13-3-1-12(2-4-13)11-18-7-9-20-10-8-18/h1-4H,5-11,16H2,(H,17,19). The monoisotopic (exact) mass is 275 g/mol. The van der Waals surface area contributed by atoms with Crippen LogP contribution in [0.5, 0.6) is 0 Å². The molecule has 2 aliphatic rings. The van der Waals surface area contributed by atoms with Crippen LogP contribution in [0.15, 0.2) is 24.3 Å². The number of hydrogen-bond donors (Lipinski definition) is 2. The fraction of sp³-hybridized carbons (Fsp3) is 0.533. The van der Waals surface area contributed by atoms with Crippen LogP contribution in [0, 0.1) is 0 Å². The Balaban J connectivity index is 1.55. The molecule has 1 aliphatic carbocycles. The highest BCUT2D eigenvalue weighted by atomic mass is 16.5. The molecule has 108 valence electrons. The van der Waals surface area contributed by atoms with E-state index in [4.69, 9.17) is 10.5 Å². The van der Waals surface area contributed by atoms with Crippen LogP contribution in [0.2, 0.25) is 0 Å². The third kappa shape index (κ3) is 3.17. The van der Waals surface area contributed by atoms with Gasteiger partial charge in [0.15, 0.2) is 0 Å². The Morgan fingerprint density at radius 3 is 2.50 bits per heavy atom. The van der Waals surface area contributed by atoms with Crippen molar-refractivity contribution < 1.29 is 9.53 Å². The molecule has 0 radical (unpaired) electrons. The van der Waals surface area contributed by atoms with Crippen molar-refractivity contribution in [2.45, 2.75) is 24.9 Å². The minimum absolute atomic E-state index is 0.0709. The van der Waals surface area contributed by atoms with E-state index >= 15 is 0 Å². The summed E-state index contributed by atoms with van der Waals surface area (Å²) in [4.78, 5) is 14.2. The Hall–Kier alpha value is -1.43. The molecule has 5 nitrogen and oxygen atoms in total. The first-order chi connectivity index (χ1) is 9.66. The molecule has 1 aromatic rings. The van der Waals surface area contributed by atoms with Crippen molar-refractivity contribution in [3.8, 4) is 0 Å². The first kappa shape index (κ1) is 13.5. The Morgan fingerprint density at radius 2 is 1.90 bits per heavy atom. The average Bonchev–Trinajstić information content (AvgIpc) is 3.22. The normalized spacial score (nSPS) is 21.4. The van der Waals surface area contributed by atoms with E-state index in [9.17, 15) is 4.79 Å². The number of rotatable bonds is 4. The number of carbonyl (C=O) groups is 1. The van der Waals surface area contributed by atoms with Gasteiger partial charge in [-0.2, -0.15) is 0 Å². The van der Waals surface area contributed by atoms with Crippen molar-refractivity contribution in [1.82, 2.24) is 4.90 Å². The van der Waals surface area contributed by atoms with Crippen molar-refractivity contribution in [3.05, 3.63) is 29.8 Å². The maximum Gasteiger partial charge on any atom is 0.244 e. The van der Waals surface area contributed by atoms with Crippen molar-refractivity contribution in [2.75, 3.05) is 31.6 Å². The summed E-state index contributed by atoms with van der Waals surface area (Å²) in [6.45, 7) is 4.51. The van der Waals surface area contributed by atoms with E-state index in [0.717, 1.165) is 51.4 Å². The molecule has 0 unspecified atom stereocenters. The zero-order valence-corrected chi connectivity index (χ0v) is 11.6. The lowest BCUT2D eigenvalue weighted by atomic mass is 10.1. The van der Waals surface area contributed by atoms with Gasteiger partial charge >= 0.3 is 0 Å². The fourth-order valence-electron chi connectivity index (χ4n) is 2.33. The molecular weight excluding hydrogens is 254 g/mol. The van der Waals surface area contributed by atoms with E-state index in [1.54, 1.807) is 0 Å². The van der Waals surface area contributed by atoms with Gasteiger partial charge in [0, 0.05) is 25.3 Å². The zero-order chi connectivity index (χ0) is 14.0. The van der Waals surface area contributed by atoms with Gasteiger partial charge in [0.2, 0.25) is 5.91 Å². The van der Waals surface area contributed by atoms with Crippen molar-refractivity contribution >= 4 is 11.6 Å². The largest absolute Gasteiger partial charge is 0.379 e. The number of nitrogens with one attached hydrogen (secondary N) is 1. The number of morpholine rings is 1. The van der Waals surface area contributed by atoms with Gasteiger partial charge in [-0.1, -0.05) is 12.1 Å². The molecular formula is C15H21N3O2. The smallest absolute Gasteiger partial charge is 0.244 e. The minimum Gasteiger partial charge on any atom is -0.379 e. The van der Waals surface area contributed by atoms with Crippen LogP contribution < -0.4 is 11.1 Å². The molecule has 1 aliphatic heterocycles. The van der Waals surface area contributed by atoms with Gasteiger partial charge in [-0.3, -0.25) is 9.69 Å². The van der Waals surface area contributed by atoms with Crippen molar-refractivity contribution in [2.24, 2.45) is 5.73 Å². The van der Waals surface area contributed by atoms with E-state index in [1.807, 2.05) is 12.1 Å². The van der Waals surface area contributed by atoms with E-state index in [-0.39, 0.29) is 5.91 Å². The maximum absolute atomic E-state index is 11.8. The number of nitrogens with two attached hydrogens (primary N) is 1. The molecule has 5 heteroatoms. The van der Waals surface area contributed by atoms with Crippen LogP contribution in [-0.4, -0.2) is 42.6 Å². The summed E-state index contributed by atoms with van der Waals surface area (Å²) in [5.74, 6) is -0.0709. The third-order valence-electron chi connectivity index (χ3n) is 3.96. The number of nitrogens with zero attached hydrogens (tertiary/aromatic N) is 1. The molecule has 0 atom stereocenters. The van der Waals surface area contributed by atoms with E-state index in [2.05, 4.69) is 22.3 Å². The SMILES string of the molecule is NC1(C(=O)Nc2ccc(CN3CCOCC3)cc2)CC1. The van der Waals surface area contributed by atoms with Crippen LogP contribution in [0.4, 0.5) is 5.69 Å². The van der Waals surface area contributed by atoms with Gasteiger partial charge in [0.1, 0.15) is 0 Å². The Bertz CT molecular complexity index is 476. The molecule has 1 saturated carbocycles. The van der Waals surface area contributed by atoms with E-state index < -0.39 is 5.54 Å². The van der Waals surface area contributed by atoms with Gasteiger partial charge in [-0.05, 0) is 30.5 Å². The zero-order valence-electron chi connectivity index (χ0n) is 11.6. The number of hydrogen-bond acceptors (Lipinski definition) is 4. The minimum atomic E-state index is -0.619. The second-order valence-electron chi connectivity index (χ2n) is 5.70. The highest BCUT2D eigenvalue weighted by Gasteiger charge is 2.45. The van der Waals surface area contributed by atoms with Crippen LogP contribution in [0.1, 0.15) is 18.4 Å². The van der Waals surface area contributed by atoms with Crippen LogP contribution in [-0.2, 0) is 16.1 Å². The molecule has 20 heavy (non-hydrogen) atoms. The van der Waals surface area contributed by atoms with Crippen LogP contribution in [0.25, 0.3) is 0 Å². The summed E-state index contributed by atoms with van der Waals surface area (Å²) in [6.07, 6.45) is 1.57. The predicted octanol–water partition coefficient (Wildman–Crippen LogP) is 0.949. The molecule has 0 aromatic heterocycles. The lowest BCUT2D eigenvalue weighted by Crippen LogP contribution is -2.37. The van der Waals surface area contributed by atoms with Crippen molar-refractivity contribution in [3.63, 3.8) is 0 Å². The molecule has 1 heterocycles. The molecule has 1 saturated heterocycles. The summed E-state index contributed by atoms with van der Waals surface area (Å²) in [5.41, 5.74) is 7.31. The number of anilines is 1. The summed E-state index contributed by atoms with van der Waals surface area (Å²) in [6, 6.07) is 8.00. The van der Waals surface area contributed by atoms with E-state index in [0.29, 0.717) is 0 Å². The lowest BCUT2D eigenvalue weighted by molar-refractivity contribution is -0.118. The highest BCUT2D eigenvalue weighted by Crippen LogP contribution is 2.33. The first-order valence-electron chi connectivity index (χ1n) is 7.15. The lowest BCUT2D eigenvalue weighted by Gasteiger charge is -2.26. The maximum atomic E-state index is 11.8. The van der Waals surface area contributed by atoms with Crippen LogP contribution in [0.3, 0.4) is 0 Å². The fourth-order valence-corrected chi connectivity index (χ4v) is 2.33. The highest BCUT2D eigenvalue weighted by molar-refractivity contribution is 6.00. The van der Waals surface area contributed by atoms with Gasteiger partial charge in [-0.15, -0.1) is 0 Å². The molecule has 0 bridgehead atoms. The predicted molar refractivity (Wildman–Crippen MR) is 77.3 cm³/mol. The van der Waals surface area contributed by atoms with Gasteiger partial charge in [-0.25, -0.2) is 0 Å². The van der Waals surface area contributed by atoms with Gasteiger partial charge < -0.3 is 15.8 Å². The summed E-state index contributed by atoms with van der Waals surface area (Å²) in [5, 5.41) is 2.88. The Kier molecular flexibility index (Phi) is 3.74. The Labute approximate surface area is 119 Å². The molecule has 2 fully saturated rings. The molecule has 1 amide bonds. The second kappa shape index (κ2) is 5.52. The van der Waals surface area contributed by atoms with Crippen molar-refractivity contribution in [1.29, 1.82) is 0 Å². The van der Waals surface area contributed by atoms with Gasteiger partial charge in [0.05, 0.1) is 18.8 Å². The molecule has 0 spiro atoms. The quantitative estimate of drug-likeness (QED) is 0.858. The second-order valence-corrected chi connectivity index (χ2v) is 5.70. The number of amides is 1. The molecule has 1 aromatic carbocycles. The average molecular weight is 275 g/mol. The Morgan fingerprint density at radius 1 is 1.25 bits per heavy atom. The first-order valence-corrected chi connectivity index (χ1v) is 7.15.